The molecule has 4 aromatic carbocycles. The van der Waals surface area contributed by atoms with Crippen LogP contribution in [0.3, 0.4) is 0 Å². The summed E-state index contributed by atoms with van der Waals surface area (Å²) in [6, 6.07) is 29.0. The number of benzene rings is 4. The number of amides is 2. The molecule has 0 heterocycles. The summed E-state index contributed by atoms with van der Waals surface area (Å²) in [5, 5.41) is 3.01. The van der Waals surface area contributed by atoms with Crippen LogP contribution in [0.25, 0.3) is 0 Å². The minimum Gasteiger partial charge on any atom is -0.357 e. The SMILES string of the molecule is CNC(=O)[C@H](Cc1ccccc1)N(Cc1ccc(C)cc1)C(=O)CN(c1cccc(Cl)c1)S(=O)(=O)c1ccc(C)cc1. The van der Waals surface area contributed by atoms with E-state index in [4.69, 9.17) is 11.6 Å². The number of nitrogens with zero attached hydrogens (tertiary/aromatic N) is 2. The van der Waals surface area contributed by atoms with Crippen molar-refractivity contribution in [3.05, 3.63) is 130 Å². The van der Waals surface area contributed by atoms with E-state index in [2.05, 4.69) is 5.32 Å². The van der Waals surface area contributed by atoms with E-state index in [1.807, 2.05) is 68.4 Å². The van der Waals surface area contributed by atoms with Crippen molar-refractivity contribution in [2.75, 3.05) is 17.9 Å². The second-order valence-corrected chi connectivity index (χ2v) is 12.4. The van der Waals surface area contributed by atoms with Crippen molar-refractivity contribution in [2.24, 2.45) is 0 Å². The van der Waals surface area contributed by atoms with Crippen molar-refractivity contribution in [1.82, 2.24) is 10.2 Å². The molecule has 0 fully saturated rings. The van der Waals surface area contributed by atoms with Gasteiger partial charge >= 0.3 is 0 Å². The van der Waals surface area contributed by atoms with Crippen LogP contribution in [-0.2, 0) is 32.6 Å². The number of carbonyl (C=O) groups excluding carboxylic acids is 2. The van der Waals surface area contributed by atoms with Crippen molar-refractivity contribution >= 4 is 39.1 Å². The largest absolute Gasteiger partial charge is 0.357 e. The summed E-state index contributed by atoms with van der Waals surface area (Å²) in [6.45, 7) is 3.40. The number of sulfonamides is 1. The van der Waals surface area contributed by atoms with Gasteiger partial charge in [-0.05, 0) is 55.3 Å². The number of rotatable bonds is 11. The van der Waals surface area contributed by atoms with E-state index < -0.39 is 28.5 Å². The Bertz CT molecular complexity index is 1630. The van der Waals surface area contributed by atoms with Gasteiger partial charge in [-0.1, -0.05) is 95.5 Å². The molecule has 7 nitrogen and oxygen atoms in total. The summed E-state index contributed by atoms with van der Waals surface area (Å²) in [5.74, 6) is -0.884. The molecule has 0 aromatic heterocycles. The molecule has 0 aliphatic carbocycles. The third kappa shape index (κ3) is 7.57. The van der Waals surface area contributed by atoms with Gasteiger partial charge in [0.15, 0.2) is 0 Å². The number of halogens is 1. The summed E-state index contributed by atoms with van der Waals surface area (Å²) in [4.78, 5) is 29.1. The first-order chi connectivity index (χ1) is 20.1. The van der Waals surface area contributed by atoms with Crippen LogP contribution >= 0.6 is 11.6 Å². The maximum Gasteiger partial charge on any atom is 0.264 e. The monoisotopic (exact) mass is 603 g/mol. The van der Waals surface area contributed by atoms with E-state index in [-0.39, 0.29) is 29.5 Å². The van der Waals surface area contributed by atoms with Crippen molar-refractivity contribution in [3.8, 4) is 0 Å². The van der Waals surface area contributed by atoms with Gasteiger partial charge in [-0.3, -0.25) is 13.9 Å². The number of aryl methyl sites for hydroxylation is 2. The molecule has 0 aliphatic heterocycles. The quantitative estimate of drug-likeness (QED) is 0.244. The molecule has 4 aromatic rings. The highest BCUT2D eigenvalue weighted by Gasteiger charge is 2.34. The van der Waals surface area contributed by atoms with E-state index in [0.29, 0.717) is 5.02 Å². The van der Waals surface area contributed by atoms with Crippen LogP contribution in [0.4, 0.5) is 5.69 Å². The molecule has 0 bridgehead atoms. The second kappa shape index (κ2) is 13.7. The average Bonchev–Trinajstić information content (AvgIpc) is 2.98. The van der Waals surface area contributed by atoms with Crippen LogP contribution in [0.5, 0.6) is 0 Å². The highest BCUT2D eigenvalue weighted by molar-refractivity contribution is 7.92. The molecule has 42 heavy (non-hydrogen) atoms. The summed E-state index contributed by atoms with van der Waals surface area (Å²) in [6.07, 6.45) is 0.250. The molecular weight excluding hydrogens is 570 g/mol. The van der Waals surface area contributed by atoms with E-state index in [0.717, 1.165) is 26.6 Å². The number of hydrogen-bond donors (Lipinski definition) is 1. The van der Waals surface area contributed by atoms with Crippen molar-refractivity contribution in [2.45, 2.75) is 37.8 Å². The van der Waals surface area contributed by atoms with Gasteiger partial charge < -0.3 is 10.2 Å². The van der Waals surface area contributed by atoms with Gasteiger partial charge in [-0.2, -0.15) is 0 Å². The van der Waals surface area contributed by atoms with Gasteiger partial charge in [0.25, 0.3) is 10.0 Å². The molecule has 9 heteroatoms. The van der Waals surface area contributed by atoms with Crippen LogP contribution in [-0.4, -0.2) is 44.8 Å². The lowest BCUT2D eigenvalue weighted by atomic mass is 10.0. The van der Waals surface area contributed by atoms with Crippen molar-refractivity contribution < 1.29 is 18.0 Å². The predicted octanol–water partition coefficient (Wildman–Crippen LogP) is 5.54. The minimum absolute atomic E-state index is 0.0399. The Balaban J connectivity index is 1.78. The second-order valence-electron chi connectivity index (χ2n) is 10.1. The number of nitrogens with one attached hydrogen (secondary N) is 1. The van der Waals surface area contributed by atoms with Crippen LogP contribution in [0.1, 0.15) is 22.3 Å². The number of hydrogen-bond acceptors (Lipinski definition) is 4. The zero-order valence-electron chi connectivity index (χ0n) is 23.8. The van der Waals surface area contributed by atoms with Gasteiger partial charge in [0.1, 0.15) is 12.6 Å². The van der Waals surface area contributed by atoms with Gasteiger partial charge in [0.2, 0.25) is 11.8 Å². The van der Waals surface area contributed by atoms with E-state index >= 15 is 0 Å². The fourth-order valence-electron chi connectivity index (χ4n) is 4.61. The highest BCUT2D eigenvalue weighted by atomic mass is 35.5. The van der Waals surface area contributed by atoms with Crippen molar-refractivity contribution in [3.63, 3.8) is 0 Å². The Labute approximate surface area is 252 Å². The first-order valence-electron chi connectivity index (χ1n) is 13.5. The van der Waals surface area contributed by atoms with Crippen molar-refractivity contribution in [1.29, 1.82) is 0 Å². The van der Waals surface area contributed by atoms with Gasteiger partial charge in [-0.15, -0.1) is 0 Å². The molecule has 4 rings (SSSR count). The zero-order valence-corrected chi connectivity index (χ0v) is 25.4. The molecule has 0 aliphatic rings. The third-order valence-electron chi connectivity index (χ3n) is 6.98. The smallest absolute Gasteiger partial charge is 0.264 e. The summed E-state index contributed by atoms with van der Waals surface area (Å²) < 4.78 is 29.0. The molecule has 0 unspecified atom stereocenters. The molecule has 0 radical (unpaired) electrons. The van der Waals surface area contributed by atoms with Gasteiger partial charge in [0.05, 0.1) is 10.6 Å². The number of likely N-dealkylation sites (N-methyl/N-ethyl adjacent to an activating group) is 1. The lowest BCUT2D eigenvalue weighted by Gasteiger charge is -2.33. The fraction of sp³-hybridized carbons (Fsp3) is 0.212. The fourth-order valence-corrected chi connectivity index (χ4v) is 6.20. The predicted molar refractivity (Wildman–Crippen MR) is 167 cm³/mol. The molecule has 218 valence electrons. The Morgan fingerprint density at radius 1 is 0.810 bits per heavy atom. The molecular formula is C33H34ClN3O4S. The summed E-state index contributed by atoms with van der Waals surface area (Å²) >= 11 is 6.26. The molecule has 1 atom stereocenters. The van der Waals surface area contributed by atoms with Gasteiger partial charge in [0, 0.05) is 25.0 Å². The molecule has 0 saturated carbocycles. The Hall–Kier alpha value is -4.14. The van der Waals surface area contributed by atoms with Crippen LogP contribution in [0.15, 0.2) is 108 Å². The maximum atomic E-state index is 14.3. The minimum atomic E-state index is -4.18. The molecule has 0 spiro atoms. The topological polar surface area (TPSA) is 86.8 Å². The van der Waals surface area contributed by atoms with Crippen LogP contribution in [0, 0.1) is 13.8 Å². The zero-order chi connectivity index (χ0) is 30.3. The maximum absolute atomic E-state index is 14.3. The average molecular weight is 604 g/mol. The normalized spacial score (nSPS) is 11.9. The highest BCUT2D eigenvalue weighted by Crippen LogP contribution is 2.27. The standard InChI is InChI=1S/C33H34ClN3O4S/c1-24-12-16-27(17-13-24)22-36(31(33(39)35-3)20-26-8-5-4-6-9-26)32(38)23-37(29-11-7-10-28(34)21-29)42(40,41)30-18-14-25(2)15-19-30/h4-19,21,31H,20,22-23H2,1-3H3,(H,35,39)/t31-/m0/s1. The van der Waals surface area contributed by atoms with Gasteiger partial charge in [-0.25, -0.2) is 8.42 Å². The lowest BCUT2D eigenvalue weighted by Crippen LogP contribution is -2.53. The van der Waals surface area contributed by atoms with Crippen LogP contribution in [0.2, 0.25) is 5.02 Å². The van der Waals surface area contributed by atoms with E-state index in [9.17, 15) is 18.0 Å². The lowest BCUT2D eigenvalue weighted by molar-refractivity contribution is -0.139. The summed E-state index contributed by atoms with van der Waals surface area (Å²) in [5.41, 5.74) is 3.88. The number of anilines is 1. The van der Waals surface area contributed by atoms with E-state index in [1.165, 1.54) is 30.1 Å². The molecule has 0 saturated heterocycles. The van der Waals surface area contributed by atoms with E-state index in [1.54, 1.807) is 30.3 Å². The Morgan fingerprint density at radius 2 is 1.43 bits per heavy atom. The Kier molecular flexibility index (Phi) is 10.0. The first-order valence-corrected chi connectivity index (χ1v) is 15.4. The molecule has 2 amide bonds. The first kappa shape index (κ1) is 30.8. The number of carbonyl (C=O) groups is 2. The summed E-state index contributed by atoms with van der Waals surface area (Å²) in [7, 11) is -2.66. The Morgan fingerprint density at radius 3 is 2.02 bits per heavy atom. The van der Waals surface area contributed by atoms with Crippen LogP contribution < -0.4 is 9.62 Å². The third-order valence-corrected chi connectivity index (χ3v) is 9.00. The molecule has 1 N–H and O–H groups in total.